The van der Waals surface area contributed by atoms with Crippen molar-refractivity contribution in [3.05, 3.63) is 100 Å². The molecule has 8 heteroatoms. The number of morpholine rings is 1. The molecule has 7 rings (SSSR count). The van der Waals surface area contributed by atoms with Gasteiger partial charge in [-0.2, -0.15) is 0 Å². The highest BCUT2D eigenvalue weighted by Gasteiger charge is 2.30. The van der Waals surface area contributed by atoms with Gasteiger partial charge in [-0.15, -0.1) is 0 Å². The van der Waals surface area contributed by atoms with Gasteiger partial charge in [0, 0.05) is 50.8 Å². The second kappa shape index (κ2) is 12.2. The molecule has 4 heterocycles. The van der Waals surface area contributed by atoms with E-state index in [4.69, 9.17) is 9.72 Å². The van der Waals surface area contributed by atoms with Crippen molar-refractivity contribution in [1.29, 1.82) is 0 Å². The predicted octanol–water partition coefficient (Wildman–Crippen LogP) is 8.01. The second-order valence-electron chi connectivity index (χ2n) is 11.5. The third-order valence-electron chi connectivity index (χ3n) is 8.63. The molecule has 0 bridgehead atoms. The Morgan fingerprint density at radius 1 is 1.00 bits per heavy atom. The van der Waals surface area contributed by atoms with E-state index in [-0.39, 0.29) is 17.7 Å². The summed E-state index contributed by atoms with van der Waals surface area (Å²) in [5.74, 6) is 0.594. The number of benzene rings is 2. The molecular weight excluding hydrogens is 561 g/mol. The Labute approximate surface area is 255 Å². The van der Waals surface area contributed by atoms with Crippen LogP contribution in [0.4, 0.5) is 11.4 Å². The topological polar surface area (TPSA) is 70.2 Å². The zero-order valence-electron chi connectivity index (χ0n) is 23.8. The summed E-state index contributed by atoms with van der Waals surface area (Å²) in [6.07, 6.45) is 10.0. The van der Waals surface area contributed by atoms with Crippen LogP contribution in [0.2, 0.25) is 0 Å². The number of ether oxygens (including phenoxy) is 1. The Hall–Kier alpha value is -3.20. The van der Waals surface area contributed by atoms with Crippen molar-refractivity contribution in [3.63, 3.8) is 0 Å². The molecule has 0 amide bonds. The number of nitrogens with one attached hydrogen (secondary N) is 2. The molecule has 1 aliphatic carbocycles. The highest BCUT2D eigenvalue weighted by Crippen LogP contribution is 2.52. The molecule has 2 atom stereocenters. The Morgan fingerprint density at radius 3 is 2.74 bits per heavy atom. The van der Waals surface area contributed by atoms with Crippen molar-refractivity contribution in [2.75, 3.05) is 29.9 Å². The summed E-state index contributed by atoms with van der Waals surface area (Å²) in [4.78, 5) is 27.3. The van der Waals surface area contributed by atoms with Crippen molar-refractivity contribution in [1.82, 2.24) is 9.97 Å². The number of aryl methyl sites for hydroxylation is 1. The molecule has 6 nitrogen and oxygen atoms in total. The van der Waals surface area contributed by atoms with Gasteiger partial charge >= 0.3 is 0 Å². The van der Waals surface area contributed by atoms with Gasteiger partial charge in [0.05, 0.1) is 18.3 Å². The molecule has 1 saturated carbocycles. The van der Waals surface area contributed by atoms with Gasteiger partial charge < -0.3 is 19.9 Å². The quantitative estimate of drug-likeness (QED) is 0.206. The molecule has 42 heavy (non-hydrogen) atoms. The first-order valence-corrected chi connectivity index (χ1v) is 16.6. The molecular formula is C34H36N4O2S2. The first kappa shape index (κ1) is 27.6. The van der Waals surface area contributed by atoms with Crippen molar-refractivity contribution >= 4 is 34.9 Å². The first-order chi connectivity index (χ1) is 20.6. The van der Waals surface area contributed by atoms with Gasteiger partial charge in [0.2, 0.25) is 0 Å². The minimum Gasteiger partial charge on any atom is -0.376 e. The molecule has 2 aromatic heterocycles. The van der Waals surface area contributed by atoms with Crippen molar-refractivity contribution in [2.24, 2.45) is 5.92 Å². The van der Waals surface area contributed by atoms with E-state index in [0.717, 1.165) is 11.4 Å². The van der Waals surface area contributed by atoms with Crippen LogP contribution in [0.1, 0.15) is 61.1 Å². The summed E-state index contributed by atoms with van der Waals surface area (Å²) in [6, 6.07) is 21.7. The first-order valence-electron chi connectivity index (χ1n) is 15.0. The van der Waals surface area contributed by atoms with E-state index in [1.807, 2.05) is 41.9 Å². The summed E-state index contributed by atoms with van der Waals surface area (Å²) in [5.41, 5.74) is 5.33. The van der Waals surface area contributed by atoms with Gasteiger partial charge in [-0.05, 0) is 79.3 Å². The molecule has 1 saturated heterocycles. The molecule has 2 unspecified atom stereocenters. The molecule has 4 aromatic rings. The zero-order valence-corrected chi connectivity index (χ0v) is 25.5. The number of rotatable bonds is 6. The number of pyridine rings is 2. The maximum atomic E-state index is 12.5. The van der Waals surface area contributed by atoms with Gasteiger partial charge in [0.25, 0.3) is 5.56 Å². The van der Waals surface area contributed by atoms with E-state index in [0.29, 0.717) is 31.3 Å². The lowest BCUT2D eigenvalue weighted by Crippen LogP contribution is -2.41. The number of nitrogens with zero attached hydrogens (tertiary/aromatic N) is 2. The van der Waals surface area contributed by atoms with Gasteiger partial charge in [-0.25, -0.2) is 0 Å². The summed E-state index contributed by atoms with van der Waals surface area (Å²) in [6.45, 7) is 4.05. The lowest BCUT2D eigenvalue weighted by molar-refractivity contribution is 0.0378. The average molecular weight is 597 g/mol. The van der Waals surface area contributed by atoms with Crippen LogP contribution in [0.5, 0.6) is 0 Å². The summed E-state index contributed by atoms with van der Waals surface area (Å²) >= 11 is 3.66. The normalized spacial score (nSPS) is 19.5. The average Bonchev–Trinajstić information content (AvgIpc) is 3.03. The third-order valence-corrected chi connectivity index (χ3v) is 11.2. The van der Waals surface area contributed by atoms with Crippen molar-refractivity contribution in [3.8, 4) is 0 Å². The Morgan fingerprint density at radius 2 is 1.90 bits per heavy atom. The molecule has 3 aliphatic rings. The van der Waals surface area contributed by atoms with Gasteiger partial charge in [0.15, 0.2) is 0 Å². The largest absolute Gasteiger partial charge is 0.376 e. The Kier molecular flexibility index (Phi) is 8.02. The number of hydrogen-bond acceptors (Lipinski definition) is 7. The van der Waals surface area contributed by atoms with Crippen LogP contribution in [0.3, 0.4) is 0 Å². The number of anilines is 2. The number of H-pyrrole nitrogens is 1. The highest BCUT2D eigenvalue weighted by atomic mass is 32.2. The van der Waals surface area contributed by atoms with Crippen molar-refractivity contribution in [2.45, 2.75) is 70.8 Å². The van der Waals surface area contributed by atoms with E-state index < -0.39 is 0 Å². The maximum Gasteiger partial charge on any atom is 0.271 e. The smallest absolute Gasteiger partial charge is 0.271 e. The molecule has 2 N–H and O–H groups in total. The molecule has 2 fully saturated rings. The van der Waals surface area contributed by atoms with Crippen LogP contribution < -0.4 is 15.8 Å². The van der Waals surface area contributed by atoms with Gasteiger partial charge in [-0.1, -0.05) is 61.0 Å². The van der Waals surface area contributed by atoms with E-state index in [2.05, 4.69) is 70.7 Å². The zero-order chi connectivity index (χ0) is 28.5. The van der Waals surface area contributed by atoms with Crippen LogP contribution in [-0.4, -0.2) is 29.7 Å². The number of hydrogen-bond donors (Lipinski definition) is 2. The fraction of sp³-hybridized carbons (Fsp3) is 0.353. The molecule has 0 radical (unpaired) electrons. The fourth-order valence-electron chi connectivity index (χ4n) is 6.43. The summed E-state index contributed by atoms with van der Waals surface area (Å²) in [5, 5.41) is 3.91. The van der Waals surface area contributed by atoms with E-state index in [1.165, 1.54) is 62.8 Å². The minimum absolute atomic E-state index is 0.0552. The molecule has 0 spiro atoms. The summed E-state index contributed by atoms with van der Waals surface area (Å²) in [7, 11) is 0. The standard InChI is InChI=1S/C34H36N4O2S2/c1-22-12-14-26(36-20-22)32(23-7-3-2-4-8-23)37-24-13-15-29-31(19-24)41-30-11-5-9-25(33(30)42-29)28-21-38(17-18-40-28)27-10-6-16-35-34(27)39/h5-6,9-16,19-20,23,28,32,37H,2-4,7-8,17-18,21H2,1H3,(H,35,39). The van der Waals surface area contributed by atoms with Gasteiger partial charge in [0.1, 0.15) is 11.8 Å². The SMILES string of the molecule is Cc1ccc(C(Nc2ccc3c(c2)Sc2cccc(C4CN(c5ccc[nH]c5=O)CCO4)c2S3)C2CCCCC2)nc1. The monoisotopic (exact) mass is 596 g/mol. The van der Waals surface area contributed by atoms with Gasteiger partial charge in [-0.3, -0.25) is 9.78 Å². The van der Waals surface area contributed by atoms with Crippen LogP contribution in [0.15, 0.2) is 97.4 Å². The Bertz CT molecular complexity index is 1620. The van der Waals surface area contributed by atoms with Crippen LogP contribution in [0, 0.1) is 12.8 Å². The maximum absolute atomic E-state index is 12.5. The van der Waals surface area contributed by atoms with E-state index >= 15 is 0 Å². The molecule has 2 aliphatic heterocycles. The number of aromatic amines is 1. The van der Waals surface area contributed by atoms with E-state index in [9.17, 15) is 4.79 Å². The minimum atomic E-state index is -0.0952. The lowest BCUT2D eigenvalue weighted by Gasteiger charge is -2.35. The van der Waals surface area contributed by atoms with Crippen LogP contribution in [0.25, 0.3) is 0 Å². The number of fused-ring (bicyclic) bond motifs is 2. The molecule has 216 valence electrons. The lowest BCUT2D eigenvalue weighted by atomic mass is 9.82. The second-order valence-corrected chi connectivity index (χ2v) is 13.6. The van der Waals surface area contributed by atoms with E-state index in [1.54, 1.807) is 6.20 Å². The van der Waals surface area contributed by atoms with Crippen LogP contribution in [-0.2, 0) is 4.74 Å². The van der Waals surface area contributed by atoms with Crippen molar-refractivity contribution < 1.29 is 4.74 Å². The third kappa shape index (κ3) is 5.72. The summed E-state index contributed by atoms with van der Waals surface area (Å²) < 4.78 is 6.29. The van der Waals surface area contributed by atoms with Crippen LogP contribution >= 0.6 is 23.5 Å². The highest BCUT2D eigenvalue weighted by molar-refractivity contribution is 8.05. The predicted molar refractivity (Wildman–Crippen MR) is 171 cm³/mol. The fourth-order valence-corrected chi connectivity index (χ4v) is 8.88. The molecule has 2 aromatic carbocycles. The number of aromatic nitrogens is 2. The Balaban J connectivity index is 1.12.